The number of hydrogen-bond donors (Lipinski definition) is 3. The van der Waals surface area contributed by atoms with Gasteiger partial charge in [-0.05, 0) is 36.4 Å². The van der Waals surface area contributed by atoms with E-state index in [4.69, 9.17) is 5.73 Å². The van der Waals surface area contributed by atoms with E-state index < -0.39 is 5.82 Å². The highest BCUT2D eigenvalue weighted by atomic mass is 19.1. The van der Waals surface area contributed by atoms with Crippen LogP contribution in [0.2, 0.25) is 0 Å². The third-order valence-corrected chi connectivity index (χ3v) is 5.46. The van der Waals surface area contributed by atoms with Crippen LogP contribution in [0.5, 0.6) is 0 Å². The van der Waals surface area contributed by atoms with E-state index in [9.17, 15) is 4.39 Å². The minimum Gasteiger partial charge on any atom is -0.397 e. The zero-order valence-corrected chi connectivity index (χ0v) is 17.0. The summed E-state index contributed by atoms with van der Waals surface area (Å²) in [6.45, 7) is 0. The van der Waals surface area contributed by atoms with E-state index in [1.165, 1.54) is 18.3 Å². The number of fused-ring (bicyclic) bond motifs is 2. The second kappa shape index (κ2) is 7.20. The molecule has 4 heterocycles. The Bertz CT molecular complexity index is 1670. The van der Waals surface area contributed by atoms with Gasteiger partial charge in [-0.2, -0.15) is 5.10 Å². The molecule has 0 radical (unpaired) electrons. The predicted molar refractivity (Wildman–Crippen MR) is 122 cm³/mol. The first-order valence-electron chi connectivity index (χ1n) is 10.1. The van der Waals surface area contributed by atoms with Crippen LogP contribution in [0.25, 0.3) is 55.8 Å². The number of nitrogens with zero attached hydrogens (tertiary/aromatic N) is 4. The molecule has 6 rings (SSSR count). The largest absolute Gasteiger partial charge is 0.397 e. The van der Waals surface area contributed by atoms with Gasteiger partial charge >= 0.3 is 0 Å². The minimum absolute atomic E-state index is 0.286. The molecule has 0 aliphatic carbocycles. The van der Waals surface area contributed by atoms with Crippen LogP contribution in [0.4, 0.5) is 14.5 Å². The molecule has 0 fully saturated rings. The quantitative estimate of drug-likeness (QED) is 0.356. The summed E-state index contributed by atoms with van der Waals surface area (Å²) in [4.78, 5) is 16.3. The zero-order chi connectivity index (χ0) is 22.5. The van der Waals surface area contributed by atoms with E-state index in [2.05, 4.69) is 30.1 Å². The van der Waals surface area contributed by atoms with Gasteiger partial charge in [0.05, 0.1) is 27.8 Å². The maximum Gasteiger partial charge on any atom is 0.159 e. The normalized spacial score (nSPS) is 11.5. The summed E-state index contributed by atoms with van der Waals surface area (Å²) in [6, 6.07) is 12.9. The highest BCUT2D eigenvalue weighted by Gasteiger charge is 2.20. The minimum atomic E-state index is -0.465. The van der Waals surface area contributed by atoms with Crippen molar-refractivity contribution in [3.05, 3.63) is 78.8 Å². The number of halogens is 2. The summed E-state index contributed by atoms with van der Waals surface area (Å²) >= 11 is 0. The van der Waals surface area contributed by atoms with Crippen molar-refractivity contribution in [2.75, 3.05) is 5.73 Å². The molecule has 6 aromatic rings. The van der Waals surface area contributed by atoms with Gasteiger partial charge in [0.15, 0.2) is 5.82 Å². The Hall–Kier alpha value is -4.66. The van der Waals surface area contributed by atoms with Crippen molar-refractivity contribution in [1.29, 1.82) is 0 Å². The van der Waals surface area contributed by atoms with Crippen LogP contribution in [-0.2, 0) is 0 Å². The van der Waals surface area contributed by atoms with Crippen LogP contribution < -0.4 is 5.73 Å². The van der Waals surface area contributed by atoms with Crippen molar-refractivity contribution in [1.82, 2.24) is 30.1 Å². The van der Waals surface area contributed by atoms with Crippen LogP contribution in [0.1, 0.15) is 0 Å². The number of nitrogens with one attached hydrogen (secondary N) is 2. The number of aromatic nitrogens is 6. The van der Waals surface area contributed by atoms with Gasteiger partial charge in [0, 0.05) is 35.3 Å². The first-order chi connectivity index (χ1) is 16.1. The van der Waals surface area contributed by atoms with Crippen molar-refractivity contribution < 1.29 is 8.78 Å². The Morgan fingerprint density at radius 3 is 2.64 bits per heavy atom. The van der Waals surface area contributed by atoms with Crippen LogP contribution in [0, 0.1) is 11.6 Å². The van der Waals surface area contributed by atoms with Gasteiger partial charge in [0.1, 0.15) is 22.8 Å². The molecular weight excluding hydrogens is 424 g/mol. The van der Waals surface area contributed by atoms with E-state index in [0.717, 1.165) is 0 Å². The number of hydrogen-bond acceptors (Lipinski definition) is 5. The third kappa shape index (κ3) is 3.09. The lowest BCUT2D eigenvalue weighted by Gasteiger charge is -2.05. The molecule has 4 N–H and O–H groups in total. The number of nitrogens with two attached hydrogens (primary N) is 1. The second-order valence-corrected chi connectivity index (χ2v) is 7.58. The lowest BCUT2D eigenvalue weighted by Crippen LogP contribution is -1.91. The summed E-state index contributed by atoms with van der Waals surface area (Å²) in [7, 11) is 0. The molecule has 33 heavy (non-hydrogen) atoms. The first-order valence-corrected chi connectivity index (χ1v) is 10.1. The van der Waals surface area contributed by atoms with Crippen molar-refractivity contribution in [3.8, 4) is 33.9 Å². The van der Waals surface area contributed by atoms with Crippen LogP contribution >= 0.6 is 0 Å². The van der Waals surface area contributed by atoms with E-state index in [1.54, 1.807) is 48.8 Å². The highest BCUT2D eigenvalue weighted by Crippen LogP contribution is 2.35. The first kappa shape index (κ1) is 19.1. The summed E-state index contributed by atoms with van der Waals surface area (Å²) in [6.07, 6.45) is 4.67. The Kier molecular flexibility index (Phi) is 4.16. The molecule has 0 aliphatic rings. The van der Waals surface area contributed by atoms with E-state index in [0.29, 0.717) is 56.1 Å². The molecule has 0 amide bonds. The van der Waals surface area contributed by atoms with Crippen molar-refractivity contribution in [2.24, 2.45) is 0 Å². The Morgan fingerprint density at radius 2 is 1.79 bits per heavy atom. The number of nitrogen functional groups attached to an aromatic ring is 1. The van der Waals surface area contributed by atoms with Gasteiger partial charge in [0.25, 0.3) is 0 Å². The number of pyridine rings is 2. The Labute approximate surface area is 185 Å². The Morgan fingerprint density at radius 1 is 0.879 bits per heavy atom. The molecule has 0 spiro atoms. The molecule has 9 heteroatoms. The van der Waals surface area contributed by atoms with E-state index in [1.807, 2.05) is 0 Å². The molecule has 0 saturated heterocycles. The molecule has 0 saturated carbocycles. The van der Waals surface area contributed by atoms with Crippen LogP contribution in [-0.4, -0.2) is 30.1 Å². The van der Waals surface area contributed by atoms with E-state index in [-0.39, 0.29) is 11.2 Å². The molecule has 7 nitrogen and oxygen atoms in total. The van der Waals surface area contributed by atoms with Gasteiger partial charge in [-0.3, -0.25) is 15.1 Å². The molecule has 0 bridgehead atoms. The molecule has 0 unspecified atom stereocenters. The fourth-order valence-electron chi connectivity index (χ4n) is 3.97. The van der Waals surface area contributed by atoms with Gasteiger partial charge in [-0.1, -0.05) is 12.1 Å². The standard InChI is InChI=1S/C24H15F2N7/c25-14-3-1-2-12(8-14)21-22-18(6-7-29-21)30-24(31-22)23-19-17(32-33-23)5-4-16(20(19)26)13-9-15(27)11-28-10-13/h1-11H,27H2,(H,30,31)(H,32,33). The van der Waals surface area contributed by atoms with E-state index >= 15 is 4.39 Å². The van der Waals surface area contributed by atoms with Crippen molar-refractivity contribution in [3.63, 3.8) is 0 Å². The molecule has 4 aromatic heterocycles. The topological polar surface area (TPSA) is 109 Å². The number of rotatable bonds is 3. The fourth-order valence-corrected chi connectivity index (χ4v) is 3.97. The maximum absolute atomic E-state index is 15.7. The average Bonchev–Trinajstić information content (AvgIpc) is 3.43. The number of imidazole rings is 1. The third-order valence-electron chi connectivity index (χ3n) is 5.46. The monoisotopic (exact) mass is 439 g/mol. The summed E-state index contributed by atoms with van der Waals surface area (Å²) < 4.78 is 29.5. The van der Waals surface area contributed by atoms with Crippen molar-refractivity contribution >= 4 is 27.6 Å². The van der Waals surface area contributed by atoms with Gasteiger partial charge in [-0.15, -0.1) is 0 Å². The van der Waals surface area contributed by atoms with Crippen molar-refractivity contribution in [2.45, 2.75) is 0 Å². The molecule has 2 aromatic carbocycles. The van der Waals surface area contributed by atoms with Crippen LogP contribution in [0.3, 0.4) is 0 Å². The van der Waals surface area contributed by atoms with Gasteiger partial charge in [0.2, 0.25) is 0 Å². The SMILES string of the molecule is Nc1cncc(-c2ccc3[nH]nc(-c4nc5c(-c6cccc(F)c6)nccc5[nH]4)c3c2F)c1. The highest BCUT2D eigenvalue weighted by molar-refractivity contribution is 5.98. The lowest BCUT2D eigenvalue weighted by atomic mass is 10.0. The van der Waals surface area contributed by atoms with Gasteiger partial charge < -0.3 is 10.7 Å². The molecule has 0 aliphatic heterocycles. The second-order valence-electron chi connectivity index (χ2n) is 7.58. The molecule has 160 valence electrons. The van der Waals surface area contributed by atoms with Gasteiger partial charge in [-0.25, -0.2) is 13.8 Å². The molecular formula is C24H15F2N7. The summed E-state index contributed by atoms with van der Waals surface area (Å²) in [5.41, 5.74) is 10.3. The summed E-state index contributed by atoms with van der Waals surface area (Å²) in [5, 5.41) is 7.46. The number of H-pyrrole nitrogens is 2. The maximum atomic E-state index is 15.7. The lowest BCUT2D eigenvalue weighted by molar-refractivity contribution is 0.628. The number of benzene rings is 2. The molecule has 0 atom stereocenters. The smallest absolute Gasteiger partial charge is 0.159 e. The fraction of sp³-hybridized carbons (Fsp3) is 0. The number of aromatic amines is 2. The van der Waals surface area contributed by atoms with Crippen LogP contribution in [0.15, 0.2) is 67.1 Å². The predicted octanol–water partition coefficient (Wildman–Crippen LogP) is 5.09. The Balaban J connectivity index is 1.55. The average molecular weight is 439 g/mol. The summed E-state index contributed by atoms with van der Waals surface area (Å²) in [5.74, 6) is -0.470. The zero-order valence-electron chi connectivity index (χ0n) is 17.0. The number of anilines is 1.